The van der Waals surface area contributed by atoms with Crippen LogP contribution in [0.25, 0.3) is 0 Å². The summed E-state index contributed by atoms with van der Waals surface area (Å²) in [6.07, 6.45) is 4.04. The summed E-state index contributed by atoms with van der Waals surface area (Å²) in [6, 6.07) is 9.26. The predicted octanol–water partition coefficient (Wildman–Crippen LogP) is 2.38. The van der Waals surface area contributed by atoms with E-state index in [1.165, 1.54) is 30.5 Å². The number of amides is 1. The summed E-state index contributed by atoms with van der Waals surface area (Å²) in [5, 5.41) is 22.8. The Kier molecular flexibility index (Phi) is 3.63. The van der Waals surface area contributed by atoms with Gasteiger partial charge in [-0.05, 0) is 37.0 Å². The standard InChI is InChI=1S/C18H17N3O4/c22-18(13-3-6-14(7-4-13)21(24)25)19-11-9-12-5-8-16-15(17(12)19)2-1-10-20(16)23/h1-4,6-7,10,12,17H,5,8-9,11H2/t12-,17+/m1/s1. The highest BCUT2D eigenvalue weighted by atomic mass is 16.6. The van der Waals surface area contributed by atoms with Gasteiger partial charge in [-0.3, -0.25) is 14.9 Å². The molecule has 0 N–H and O–H groups in total. The molecule has 0 unspecified atom stereocenters. The molecule has 0 saturated carbocycles. The average molecular weight is 339 g/mol. The minimum absolute atomic E-state index is 0.0359. The maximum Gasteiger partial charge on any atom is 0.269 e. The number of nitro groups is 1. The van der Waals surface area contributed by atoms with E-state index in [1.54, 1.807) is 6.07 Å². The largest absolute Gasteiger partial charge is 0.618 e. The lowest BCUT2D eigenvalue weighted by molar-refractivity contribution is -0.615. The maximum atomic E-state index is 12.9. The summed E-state index contributed by atoms with van der Waals surface area (Å²) >= 11 is 0. The van der Waals surface area contributed by atoms with E-state index in [2.05, 4.69) is 0 Å². The van der Waals surface area contributed by atoms with E-state index in [0.717, 1.165) is 35.3 Å². The number of nitro benzene ring substituents is 1. The zero-order valence-corrected chi connectivity index (χ0v) is 13.5. The van der Waals surface area contributed by atoms with Gasteiger partial charge in [0.2, 0.25) is 0 Å². The smallest absolute Gasteiger partial charge is 0.269 e. The fourth-order valence-electron chi connectivity index (χ4n) is 4.08. The number of carbonyl (C=O) groups excluding carboxylic acids is 1. The Morgan fingerprint density at radius 3 is 2.68 bits per heavy atom. The lowest BCUT2D eigenvalue weighted by Gasteiger charge is -2.32. The number of pyridine rings is 1. The number of hydrogen-bond donors (Lipinski definition) is 0. The van der Waals surface area contributed by atoms with Crippen LogP contribution in [-0.4, -0.2) is 22.3 Å². The van der Waals surface area contributed by atoms with Gasteiger partial charge in [0.25, 0.3) is 11.6 Å². The zero-order chi connectivity index (χ0) is 17.6. The van der Waals surface area contributed by atoms with Crippen LogP contribution in [0.5, 0.6) is 0 Å². The van der Waals surface area contributed by atoms with Gasteiger partial charge < -0.3 is 10.1 Å². The molecule has 4 rings (SSSR count). The van der Waals surface area contributed by atoms with E-state index in [4.69, 9.17) is 0 Å². The molecular weight excluding hydrogens is 322 g/mol. The monoisotopic (exact) mass is 339 g/mol. The van der Waals surface area contributed by atoms with Crippen molar-refractivity contribution >= 4 is 11.6 Å². The normalized spacial score (nSPS) is 21.5. The molecule has 2 heterocycles. The van der Waals surface area contributed by atoms with Gasteiger partial charge in [0, 0.05) is 42.3 Å². The van der Waals surface area contributed by atoms with E-state index in [9.17, 15) is 20.1 Å². The third-order valence-electron chi connectivity index (χ3n) is 5.28. The maximum absolute atomic E-state index is 12.9. The van der Waals surface area contributed by atoms with Gasteiger partial charge in [-0.2, -0.15) is 4.73 Å². The van der Waals surface area contributed by atoms with Gasteiger partial charge in [-0.25, -0.2) is 0 Å². The van der Waals surface area contributed by atoms with Crippen molar-refractivity contribution in [2.45, 2.75) is 25.3 Å². The first-order valence-electron chi connectivity index (χ1n) is 8.32. The van der Waals surface area contributed by atoms with Crippen LogP contribution in [0.15, 0.2) is 42.6 Å². The Bertz CT molecular complexity index is 850. The van der Waals surface area contributed by atoms with Crippen LogP contribution in [0.1, 0.15) is 40.5 Å². The number of rotatable bonds is 2. The molecular formula is C18H17N3O4. The second-order valence-corrected chi connectivity index (χ2v) is 6.57. The van der Waals surface area contributed by atoms with E-state index < -0.39 is 4.92 Å². The van der Waals surface area contributed by atoms with Crippen molar-refractivity contribution in [1.29, 1.82) is 0 Å². The number of non-ortho nitro benzene ring substituents is 1. The Balaban J connectivity index is 1.67. The summed E-state index contributed by atoms with van der Waals surface area (Å²) in [5.41, 5.74) is 2.07. The highest BCUT2D eigenvalue weighted by Crippen LogP contribution is 2.44. The Labute approximate surface area is 144 Å². The molecule has 0 spiro atoms. The third kappa shape index (κ3) is 2.52. The molecule has 7 nitrogen and oxygen atoms in total. The second kappa shape index (κ2) is 5.84. The number of nitrogens with zero attached hydrogens (tertiary/aromatic N) is 3. The molecule has 1 aromatic carbocycles. The Morgan fingerprint density at radius 1 is 1.20 bits per heavy atom. The van der Waals surface area contributed by atoms with Gasteiger partial charge in [-0.1, -0.05) is 0 Å². The third-order valence-corrected chi connectivity index (χ3v) is 5.28. The molecule has 1 saturated heterocycles. The molecule has 1 aliphatic heterocycles. The lowest BCUT2D eigenvalue weighted by Crippen LogP contribution is -2.40. The van der Waals surface area contributed by atoms with Crippen molar-refractivity contribution in [3.05, 3.63) is 74.7 Å². The van der Waals surface area contributed by atoms with Gasteiger partial charge in [-0.15, -0.1) is 0 Å². The van der Waals surface area contributed by atoms with Crippen molar-refractivity contribution in [2.75, 3.05) is 6.54 Å². The summed E-state index contributed by atoms with van der Waals surface area (Å²) in [4.78, 5) is 25.1. The van der Waals surface area contributed by atoms with Crippen molar-refractivity contribution in [3.8, 4) is 0 Å². The summed E-state index contributed by atoms with van der Waals surface area (Å²) in [7, 11) is 0. The van der Waals surface area contributed by atoms with Crippen LogP contribution < -0.4 is 4.73 Å². The number of fused-ring (bicyclic) bond motifs is 3. The number of aromatic nitrogens is 1. The molecule has 0 bridgehead atoms. The molecule has 2 aliphatic rings. The van der Waals surface area contributed by atoms with E-state index in [1.807, 2.05) is 11.0 Å². The first-order valence-corrected chi connectivity index (χ1v) is 8.32. The molecule has 7 heteroatoms. The molecule has 0 radical (unpaired) electrons. The van der Waals surface area contributed by atoms with Crippen LogP contribution >= 0.6 is 0 Å². The van der Waals surface area contributed by atoms with E-state index in [-0.39, 0.29) is 17.6 Å². The molecule has 1 aromatic heterocycles. The molecule has 25 heavy (non-hydrogen) atoms. The average Bonchev–Trinajstić information content (AvgIpc) is 3.06. The highest BCUT2D eigenvalue weighted by molar-refractivity contribution is 5.95. The van der Waals surface area contributed by atoms with Crippen molar-refractivity contribution in [2.24, 2.45) is 5.92 Å². The van der Waals surface area contributed by atoms with Crippen LogP contribution in [0, 0.1) is 21.2 Å². The number of carbonyl (C=O) groups is 1. The summed E-state index contributed by atoms with van der Waals surface area (Å²) in [6.45, 7) is 0.637. The van der Waals surface area contributed by atoms with E-state index in [0.29, 0.717) is 18.0 Å². The first kappa shape index (κ1) is 15.6. The molecule has 1 amide bonds. The van der Waals surface area contributed by atoms with Gasteiger partial charge in [0.1, 0.15) is 0 Å². The highest BCUT2D eigenvalue weighted by Gasteiger charge is 2.43. The van der Waals surface area contributed by atoms with Gasteiger partial charge in [0.15, 0.2) is 11.9 Å². The minimum Gasteiger partial charge on any atom is -0.618 e. The lowest BCUT2D eigenvalue weighted by atomic mass is 9.82. The fourth-order valence-corrected chi connectivity index (χ4v) is 4.08. The quantitative estimate of drug-likeness (QED) is 0.363. The molecule has 1 aliphatic carbocycles. The topological polar surface area (TPSA) is 90.4 Å². The van der Waals surface area contributed by atoms with Crippen LogP contribution in [0.3, 0.4) is 0 Å². The van der Waals surface area contributed by atoms with Crippen molar-refractivity contribution in [1.82, 2.24) is 4.90 Å². The molecule has 2 atom stereocenters. The number of benzene rings is 1. The molecule has 1 fully saturated rings. The fraction of sp³-hybridized carbons (Fsp3) is 0.333. The minimum atomic E-state index is -0.482. The molecule has 2 aromatic rings. The Morgan fingerprint density at radius 2 is 1.96 bits per heavy atom. The van der Waals surface area contributed by atoms with Crippen LogP contribution in [0.2, 0.25) is 0 Å². The van der Waals surface area contributed by atoms with E-state index >= 15 is 0 Å². The first-order chi connectivity index (χ1) is 12.1. The van der Waals surface area contributed by atoms with Gasteiger partial charge >= 0.3 is 0 Å². The SMILES string of the molecule is O=C(c1ccc([N+](=O)[O-])cc1)N1CC[C@H]2CCc3c(ccc[n+]3[O-])[C@H]21. The predicted molar refractivity (Wildman–Crippen MR) is 88.7 cm³/mol. The van der Waals surface area contributed by atoms with Crippen LogP contribution in [0.4, 0.5) is 5.69 Å². The number of hydrogen-bond acceptors (Lipinski definition) is 4. The molecule has 128 valence electrons. The van der Waals surface area contributed by atoms with Gasteiger partial charge in [0.05, 0.1) is 11.0 Å². The van der Waals surface area contributed by atoms with Crippen molar-refractivity contribution in [3.63, 3.8) is 0 Å². The second-order valence-electron chi connectivity index (χ2n) is 6.57. The summed E-state index contributed by atoms with van der Waals surface area (Å²) < 4.78 is 0.901. The summed E-state index contributed by atoms with van der Waals surface area (Å²) in [5.74, 6) is 0.216. The Hall–Kier alpha value is -2.96. The van der Waals surface area contributed by atoms with Crippen LogP contribution in [-0.2, 0) is 6.42 Å². The number of likely N-dealkylation sites (tertiary alicyclic amines) is 1. The van der Waals surface area contributed by atoms with Crippen molar-refractivity contribution < 1.29 is 14.4 Å². The zero-order valence-electron chi connectivity index (χ0n) is 13.5.